The van der Waals surface area contributed by atoms with Gasteiger partial charge in [0.2, 0.25) is 0 Å². The molecule has 0 saturated carbocycles. The third-order valence-corrected chi connectivity index (χ3v) is 1.25. The van der Waals surface area contributed by atoms with Gasteiger partial charge in [-0.25, -0.2) is 15.0 Å². The van der Waals surface area contributed by atoms with Crippen molar-refractivity contribution in [2.45, 2.75) is 0 Å². The quantitative estimate of drug-likeness (QED) is 0.486. The minimum Gasteiger partial charge on any atom is -0.412 e. The van der Waals surface area contributed by atoms with Crippen molar-refractivity contribution in [3.8, 4) is 0 Å². The fourth-order valence-electron chi connectivity index (χ4n) is 0.784. The number of anilines is 1. The van der Waals surface area contributed by atoms with E-state index in [1.54, 1.807) is 0 Å². The molecule has 7 heteroatoms. The summed E-state index contributed by atoms with van der Waals surface area (Å²) in [5, 5.41) is 0. The molecule has 12 heavy (non-hydrogen) atoms. The van der Waals surface area contributed by atoms with Gasteiger partial charge in [0.25, 0.3) is 0 Å². The molecule has 0 saturated heterocycles. The van der Waals surface area contributed by atoms with Gasteiger partial charge in [0.1, 0.15) is 11.8 Å². The van der Waals surface area contributed by atoms with Crippen LogP contribution in [0.2, 0.25) is 0 Å². The third kappa shape index (κ3) is 1.31. The van der Waals surface area contributed by atoms with E-state index in [9.17, 15) is 0 Å². The van der Waals surface area contributed by atoms with Gasteiger partial charge in [-0.15, -0.1) is 0 Å². The predicted octanol–water partition coefficient (Wildman–Crippen LogP) is -1.71. The fraction of sp³-hybridized carbons (Fsp3) is 0. The highest BCUT2D eigenvalue weighted by atomic mass is 16.0. The zero-order valence-electron chi connectivity index (χ0n) is 6.07. The topological polar surface area (TPSA) is 143 Å². The minimum atomic E-state index is 0. The highest BCUT2D eigenvalue weighted by molar-refractivity contribution is 5.80. The first-order chi connectivity index (χ1) is 4.88. The summed E-state index contributed by atoms with van der Waals surface area (Å²) in [6, 6.07) is 0. The number of hydrogen-bond donors (Lipinski definition) is 2. The van der Waals surface area contributed by atoms with Crippen molar-refractivity contribution in [3.63, 3.8) is 0 Å². The first-order valence-corrected chi connectivity index (χ1v) is 2.77. The molecule has 0 aromatic carbocycles. The SMILES string of the molecule is Nc1ncnc2nc[nH]c12.O.O. The van der Waals surface area contributed by atoms with Crippen molar-refractivity contribution in [2.24, 2.45) is 0 Å². The summed E-state index contributed by atoms with van der Waals surface area (Å²) < 4.78 is 0. The summed E-state index contributed by atoms with van der Waals surface area (Å²) in [5.41, 5.74) is 6.78. The Morgan fingerprint density at radius 1 is 1.17 bits per heavy atom. The summed E-state index contributed by atoms with van der Waals surface area (Å²) in [5.74, 6) is 0.433. The molecule has 2 rings (SSSR count). The maximum atomic E-state index is 5.48. The van der Waals surface area contributed by atoms with E-state index in [0.717, 1.165) is 0 Å². The lowest BCUT2D eigenvalue weighted by atomic mass is 10.5. The fourth-order valence-corrected chi connectivity index (χ4v) is 0.784. The summed E-state index contributed by atoms with van der Waals surface area (Å²) >= 11 is 0. The molecule has 7 N–H and O–H groups in total. The lowest BCUT2D eigenvalue weighted by molar-refractivity contribution is 0.823. The van der Waals surface area contributed by atoms with Crippen LogP contribution in [0.4, 0.5) is 5.82 Å². The molecule has 2 aromatic heterocycles. The molecule has 0 spiro atoms. The van der Waals surface area contributed by atoms with Crippen molar-refractivity contribution in [1.29, 1.82) is 0 Å². The number of nitrogen functional groups attached to an aromatic ring is 1. The molecule has 2 aromatic rings. The number of aromatic amines is 1. The number of fused-ring (bicyclic) bond motifs is 1. The number of H-pyrrole nitrogens is 1. The van der Waals surface area contributed by atoms with E-state index in [2.05, 4.69) is 19.9 Å². The smallest absolute Gasteiger partial charge is 0.182 e. The number of nitrogens with zero attached hydrogens (tertiary/aromatic N) is 3. The van der Waals surface area contributed by atoms with Crippen LogP contribution in [0.5, 0.6) is 0 Å². The lowest BCUT2D eigenvalue weighted by Crippen LogP contribution is -1.91. The van der Waals surface area contributed by atoms with E-state index >= 15 is 0 Å². The monoisotopic (exact) mass is 171 g/mol. The van der Waals surface area contributed by atoms with Gasteiger partial charge in [-0.1, -0.05) is 0 Å². The van der Waals surface area contributed by atoms with E-state index in [4.69, 9.17) is 5.73 Å². The van der Waals surface area contributed by atoms with E-state index in [1.807, 2.05) is 0 Å². The molecule has 0 fully saturated rings. The lowest BCUT2D eigenvalue weighted by Gasteiger charge is -1.89. The summed E-state index contributed by atoms with van der Waals surface area (Å²) in [4.78, 5) is 14.4. The first kappa shape index (κ1) is 10.3. The van der Waals surface area contributed by atoms with Crippen LogP contribution < -0.4 is 5.73 Å². The average molecular weight is 171 g/mol. The van der Waals surface area contributed by atoms with Crippen molar-refractivity contribution in [2.75, 3.05) is 5.73 Å². The molecular formula is C5H9N5O2. The molecular weight excluding hydrogens is 162 g/mol. The second-order valence-electron chi connectivity index (χ2n) is 1.86. The Balaban J connectivity index is 0.000000605. The van der Waals surface area contributed by atoms with Crippen molar-refractivity contribution < 1.29 is 11.0 Å². The summed E-state index contributed by atoms with van der Waals surface area (Å²) in [6.07, 6.45) is 2.92. The Morgan fingerprint density at radius 3 is 2.58 bits per heavy atom. The van der Waals surface area contributed by atoms with Gasteiger partial charge in [-0.05, 0) is 0 Å². The Labute approximate surface area is 67.3 Å². The Bertz CT molecular complexity index is 359. The second-order valence-corrected chi connectivity index (χ2v) is 1.86. The van der Waals surface area contributed by atoms with Gasteiger partial charge in [0, 0.05) is 0 Å². The normalized spacial score (nSPS) is 8.67. The van der Waals surface area contributed by atoms with Crippen molar-refractivity contribution >= 4 is 17.0 Å². The van der Waals surface area contributed by atoms with Crippen LogP contribution in [0.25, 0.3) is 11.2 Å². The zero-order valence-corrected chi connectivity index (χ0v) is 6.07. The van der Waals surface area contributed by atoms with E-state index in [1.165, 1.54) is 12.7 Å². The van der Waals surface area contributed by atoms with E-state index in [-0.39, 0.29) is 11.0 Å². The highest BCUT2D eigenvalue weighted by Gasteiger charge is 1.99. The number of imidazole rings is 1. The summed E-state index contributed by atoms with van der Waals surface area (Å²) in [6.45, 7) is 0. The van der Waals surface area contributed by atoms with Crippen LogP contribution in [-0.4, -0.2) is 30.9 Å². The van der Waals surface area contributed by atoms with Gasteiger partial charge in [-0.3, -0.25) is 0 Å². The summed E-state index contributed by atoms with van der Waals surface area (Å²) in [7, 11) is 0. The third-order valence-electron chi connectivity index (χ3n) is 1.25. The molecule has 7 nitrogen and oxygen atoms in total. The van der Waals surface area contributed by atoms with Crippen LogP contribution in [0.3, 0.4) is 0 Å². The molecule has 0 radical (unpaired) electrons. The first-order valence-electron chi connectivity index (χ1n) is 2.77. The Hall–Kier alpha value is -1.73. The molecule has 0 bridgehead atoms. The average Bonchev–Trinajstić information content (AvgIpc) is 2.36. The minimum absolute atomic E-state index is 0. The van der Waals surface area contributed by atoms with Gasteiger partial charge in [-0.2, -0.15) is 0 Å². The molecule has 0 aliphatic carbocycles. The molecule has 0 aliphatic rings. The molecule has 0 amide bonds. The van der Waals surface area contributed by atoms with Gasteiger partial charge in [0.05, 0.1) is 6.33 Å². The zero-order chi connectivity index (χ0) is 6.97. The van der Waals surface area contributed by atoms with Crippen LogP contribution in [0, 0.1) is 0 Å². The van der Waals surface area contributed by atoms with Gasteiger partial charge < -0.3 is 21.7 Å². The predicted molar refractivity (Wildman–Crippen MR) is 43.3 cm³/mol. The Morgan fingerprint density at radius 2 is 1.92 bits per heavy atom. The van der Waals surface area contributed by atoms with Gasteiger partial charge in [0.15, 0.2) is 11.5 Å². The molecule has 66 valence electrons. The van der Waals surface area contributed by atoms with E-state index in [0.29, 0.717) is 17.0 Å². The van der Waals surface area contributed by atoms with Crippen LogP contribution in [0.1, 0.15) is 0 Å². The number of hydrogen-bond acceptors (Lipinski definition) is 4. The van der Waals surface area contributed by atoms with Crippen LogP contribution >= 0.6 is 0 Å². The van der Waals surface area contributed by atoms with Crippen LogP contribution in [0.15, 0.2) is 12.7 Å². The standard InChI is InChI=1S/C5H5N5.2H2O/c6-4-3-5(9-1-7-3)10-2-8-4;;/h1-2H,(H3,6,7,8,9,10);2*1H2. The van der Waals surface area contributed by atoms with Crippen LogP contribution in [-0.2, 0) is 0 Å². The molecule has 0 unspecified atom stereocenters. The van der Waals surface area contributed by atoms with Crippen molar-refractivity contribution in [1.82, 2.24) is 19.9 Å². The number of nitrogens with one attached hydrogen (secondary N) is 1. The molecule has 2 heterocycles. The number of rotatable bonds is 0. The van der Waals surface area contributed by atoms with Gasteiger partial charge >= 0.3 is 0 Å². The van der Waals surface area contributed by atoms with Crippen molar-refractivity contribution in [3.05, 3.63) is 12.7 Å². The number of aromatic nitrogens is 4. The molecule has 0 atom stereocenters. The van der Waals surface area contributed by atoms with E-state index < -0.39 is 0 Å². The maximum absolute atomic E-state index is 5.48. The Kier molecular flexibility index (Phi) is 3.08. The molecule has 0 aliphatic heterocycles. The second kappa shape index (κ2) is 3.60. The number of nitrogens with two attached hydrogens (primary N) is 1. The highest BCUT2D eigenvalue weighted by Crippen LogP contribution is 2.09. The maximum Gasteiger partial charge on any atom is 0.182 e. The largest absolute Gasteiger partial charge is 0.412 e.